The van der Waals surface area contributed by atoms with Crippen molar-refractivity contribution in [1.29, 1.82) is 0 Å². The molecule has 4 rings (SSSR count). The summed E-state index contributed by atoms with van der Waals surface area (Å²) in [6, 6.07) is 6.82. The number of hydrogen-bond acceptors (Lipinski definition) is 1. The third-order valence-electron chi connectivity index (χ3n) is 5.53. The molecule has 21 heavy (non-hydrogen) atoms. The van der Waals surface area contributed by atoms with Crippen molar-refractivity contribution in [3.8, 4) is 0 Å². The topological polar surface area (TPSA) is 12.0 Å². The van der Waals surface area contributed by atoms with Crippen LogP contribution in [-0.4, -0.2) is 0 Å². The molecule has 1 heteroatoms. The van der Waals surface area contributed by atoms with Gasteiger partial charge in [-0.25, -0.2) is 0 Å². The van der Waals surface area contributed by atoms with Crippen LogP contribution in [0.4, 0.5) is 5.69 Å². The zero-order valence-corrected chi connectivity index (χ0v) is 12.8. The molecule has 1 saturated carbocycles. The predicted octanol–water partition coefficient (Wildman–Crippen LogP) is 5.24. The molecule has 0 aromatic heterocycles. The Morgan fingerprint density at radius 1 is 0.952 bits per heavy atom. The molecule has 0 radical (unpaired) electrons. The van der Waals surface area contributed by atoms with Crippen molar-refractivity contribution < 1.29 is 0 Å². The maximum atomic E-state index is 3.82. The molecule has 0 bridgehead atoms. The maximum absolute atomic E-state index is 3.82. The molecular weight excluding hydrogens is 254 g/mol. The Hall–Kier alpha value is -1.50. The molecule has 1 N–H and O–H groups in total. The van der Waals surface area contributed by atoms with Gasteiger partial charge in [-0.1, -0.05) is 37.1 Å². The third-order valence-corrected chi connectivity index (χ3v) is 5.53. The second-order valence-electron chi connectivity index (χ2n) is 6.84. The number of anilines is 1. The fourth-order valence-electron chi connectivity index (χ4n) is 4.39. The lowest BCUT2D eigenvalue weighted by molar-refractivity contribution is 0.321. The minimum atomic E-state index is 0.725. The molecule has 3 aliphatic carbocycles. The fourth-order valence-corrected chi connectivity index (χ4v) is 4.39. The first-order chi connectivity index (χ1) is 10.4. The normalized spacial score (nSPS) is 27.5. The lowest BCUT2D eigenvalue weighted by Gasteiger charge is -2.34. The zero-order valence-electron chi connectivity index (χ0n) is 12.8. The Balaban J connectivity index is 1.61. The van der Waals surface area contributed by atoms with Gasteiger partial charge in [-0.15, -0.1) is 0 Å². The molecule has 0 heterocycles. The molecule has 1 nitrogen and oxygen atoms in total. The van der Waals surface area contributed by atoms with Gasteiger partial charge in [0, 0.05) is 17.3 Å². The molecule has 110 valence electrons. The van der Waals surface area contributed by atoms with Crippen LogP contribution in [0, 0.1) is 11.8 Å². The van der Waals surface area contributed by atoms with Gasteiger partial charge in [-0.3, -0.25) is 0 Å². The van der Waals surface area contributed by atoms with Crippen molar-refractivity contribution in [1.82, 2.24) is 0 Å². The van der Waals surface area contributed by atoms with Crippen LogP contribution in [0.1, 0.15) is 49.7 Å². The van der Waals surface area contributed by atoms with Crippen LogP contribution in [0.3, 0.4) is 0 Å². The largest absolute Gasteiger partial charge is 0.358 e. The Morgan fingerprint density at radius 3 is 2.86 bits per heavy atom. The minimum Gasteiger partial charge on any atom is -0.358 e. The van der Waals surface area contributed by atoms with Gasteiger partial charge in [0.1, 0.15) is 0 Å². The first kappa shape index (κ1) is 13.2. The number of fused-ring (bicyclic) bond motifs is 2. The number of nitrogens with one attached hydrogen (secondary N) is 1. The van der Waals surface area contributed by atoms with E-state index in [4.69, 9.17) is 0 Å². The van der Waals surface area contributed by atoms with Crippen molar-refractivity contribution in [2.45, 2.75) is 51.4 Å². The molecular formula is C20H25N. The molecule has 2 unspecified atom stereocenters. The van der Waals surface area contributed by atoms with E-state index in [9.17, 15) is 0 Å². The first-order valence-corrected chi connectivity index (χ1v) is 8.68. The molecule has 2 atom stereocenters. The van der Waals surface area contributed by atoms with Crippen molar-refractivity contribution in [2.24, 2.45) is 11.8 Å². The van der Waals surface area contributed by atoms with E-state index < -0.39 is 0 Å². The minimum absolute atomic E-state index is 0.725. The molecule has 0 aliphatic heterocycles. The highest BCUT2D eigenvalue weighted by atomic mass is 14.9. The van der Waals surface area contributed by atoms with E-state index in [-0.39, 0.29) is 0 Å². The van der Waals surface area contributed by atoms with Crippen LogP contribution < -0.4 is 5.32 Å². The highest BCUT2D eigenvalue weighted by Gasteiger charge is 2.28. The summed E-state index contributed by atoms with van der Waals surface area (Å²) in [6.07, 6.45) is 17.7. The van der Waals surface area contributed by atoms with Crippen LogP contribution >= 0.6 is 0 Å². The van der Waals surface area contributed by atoms with Crippen LogP contribution in [-0.2, 0) is 12.8 Å². The van der Waals surface area contributed by atoms with Gasteiger partial charge in [0.05, 0.1) is 0 Å². The highest BCUT2D eigenvalue weighted by Crippen LogP contribution is 2.39. The van der Waals surface area contributed by atoms with Crippen LogP contribution in [0.2, 0.25) is 0 Å². The second kappa shape index (κ2) is 5.71. The fraction of sp³-hybridized carbons (Fsp3) is 0.500. The van der Waals surface area contributed by atoms with Crippen molar-refractivity contribution >= 4 is 5.69 Å². The summed E-state index contributed by atoms with van der Waals surface area (Å²) in [4.78, 5) is 0. The van der Waals surface area contributed by atoms with E-state index in [0.29, 0.717) is 0 Å². The van der Waals surface area contributed by atoms with E-state index in [2.05, 4.69) is 41.7 Å². The van der Waals surface area contributed by atoms with E-state index >= 15 is 0 Å². The van der Waals surface area contributed by atoms with E-state index in [0.717, 1.165) is 11.8 Å². The smallest absolute Gasteiger partial charge is 0.0417 e. The Kier molecular flexibility index (Phi) is 3.58. The van der Waals surface area contributed by atoms with Crippen molar-refractivity contribution in [3.63, 3.8) is 0 Å². The number of hydrogen-bond donors (Lipinski definition) is 1. The molecule has 3 aliphatic rings. The van der Waals surface area contributed by atoms with Gasteiger partial charge in [0.2, 0.25) is 0 Å². The lowest BCUT2D eigenvalue weighted by Crippen LogP contribution is -2.25. The quantitative estimate of drug-likeness (QED) is 0.781. The van der Waals surface area contributed by atoms with E-state index in [1.165, 1.54) is 62.8 Å². The average Bonchev–Trinajstić information content (AvgIpc) is 2.56. The predicted molar refractivity (Wildman–Crippen MR) is 89.4 cm³/mol. The Morgan fingerprint density at radius 2 is 1.86 bits per heavy atom. The summed E-state index contributed by atoms with van der Waals surface area (Å²) in [7, 11) is 0. The summed E-state index contributed by atoms with van der Waals surface area (Å²) in [5.41, 5.74) is 5.98. The summed E-state index contributed by atoms with van der Waals surface area (Å²) in [6.45, 7) is 0. The monoisotopic (exact) mass is 279 g/mol. The van der Waals surface area contributed by atoms with Gasteiger partial charge in [0.15, 0.2) is 0 Å². The summed E-state index contributed by atoms with van der Waals surface area (Å²) in [5, 5.41) is 3.82. The lowest BCUT2D eigenvalue weighted by atomic mass is 9.75. The van der Waals surface area contributed by atoms with Gasteiger partial charge >= 0.3 is 0 Å². The molecule has 1 fully saturated rings. The number of rotatable bonds is 2. The van der Waals surface area contributed by atoms with Gasteiger partial charge in [-0.2, -0.15) is 0 Å². The van der Waals surface area contributed by atoms with E-state index in [1.54, 1.807) is 11.1 Å². The summed E-state index contributed by atoms with van der Waals surface area (Å²) in [5.74, 6) is 1.49. The highest BCUT2D eigenvalue weighted by molar-refractivity contribution is 5.59. The molecule has 0 amide bonds. The molecule has 0 saturated heterocycles. The number of allylic oxidation sites excluding steroid dienone is 4. The van der Waals surface area contributed by atoms with Gasteiger partial charge < -0.3 is 5.32 Å². The zero-order chi connectivity index (χ0) is 14.1. The molecule has 1 aromatic rings. The number of aryl methyl sites for hydroxylation is 1. The third kappa shape index (κ3) is 2.54. The molecule has 1 aromatic carbocycles. The standard InChI is InChI=1S/C20H25N/c1-3-11-17-15(7-1)9-5-13-19(17)21-20-14-6-10-16-8-2-4-12-18(16)20/h5-6,9-10,13-15,17,21H,1-4,7-8,11-12H2. The van der Waals surface area contributed by atoms with Gasteiger partial charge in [0.25, 0.3) is 0 Å². The Bertz CT molecular complexity index is 582. The SMILES string of the molecule is C1=CC2CCCCC2C(Nc2cccc3c2CCCC3)=C1. The Labute approximate surface area is 128 Å². The van der Waals surface area contributed by atoms with Crippen LogP contribution in [0.5, 0.6) is 0 Å². The number of benzene rings is 1. The molecule has 0 spiro atoms. The van der Waals surface area contributed by atoms with Crippen LogP contribution in [0.15, 0.2) is 42.1 Å². The average molecular weight is 279 g/mol. The maximum Gasteiger partial charge on any atom is 0.0417 e. The van der Waals surface area contributed by atoms with Crippen molar-refractivity contribution in [2.75, 3.05) is 5.32 Å². The van der Waals surface area contributed by atoms with E-state index in [1.807, 2.05) is 0 Å². The van der Waals surface area contributed by atoms with Gasteiger partial charge in [-0.05, 0) is 67.7 Å². The van der Waals surface area contributed by atoms with Crippen LogP contribution in [0.25, 0.3) is 0 Å². The first-order valence-electron chi connectivity index (χ1n) is 8.68. The second-order valence-corrected chi connectivity index (χ2v) is 6.84. The summed E-state index contributed by atoms with van der Waals surface area (Å²) < 4.78 is 0. The summed E-state index contributed by atoms with van der Waals surface area (Å²) >= 11 is 0. The van der Waals surface area contributed by atoms with Crippen molar-refractivity contribution in [3.05, 3.63) is 53.3 Å².